The lowest BCUT2D eigenvalue weighted by Crippen LogP contribution is -2.51. The van der Waals surface area contributed by atoms with Crippen LogP contribution >= 0.6 is 0 Å². The molecule has 2 atom stereocenters. The molecule has 1 aliphatic carbocycles. The first-order valence-corrected chi connectivity index (χ1v) is 11.0. The van der Waals surface area contributed by atoms with Crippen molar-refractivity contribution < 1.29 is 16.8 Å². The van der Waals surface area contributed by atoms with Gasteiger partial charge in [-0.3, -0.25) is 0 Å². The first-order chi connectivity index (χ1) is 9.73. The van der Waals surface area contributed by atoms with E-state index < -0.39 is 20.0 Å². The van der Waals surface area contributed by atoms with Crippen molar-refractivity contribution in [3.8, 4) is 0 Å². The van der Waals surface area contributed by atoms with E-state index in [2.05, 4.69) is 14.8 Å². The zero-order chi connectivity index (χ0) is 15.9. The molecule has 1 fully saturated rings. The highest BCUT2D eigenvalue weighted by Gasteiger charge is 2.26. The fourth-order valence-corrected chi connectivity index (χ4v) is 3.99. The van der Waals surface area contributed by atoms with E-state index in [9.17, 15) is 16.8 Å². The molecule has 0 aromatic carbocycles. The van der Waals surface area contributed by atoms with E-state index in [-0.39, 0.29) is 17.8 Å². The topological polar surface area (TPSA) is 104 Å². The molecule has 7 nitrogen and oxygen atoms in total. The van der Waals surface area contributed by atoms with E-state index >= 15 is 0 Å². The fourth-order valence-electron chi connectivity index (χ4n) is 2.50. The Labute approximate surface area is 128 Å². The summed E-state index contributed by atoms with van der Waals surface area (Å²) in [7, 11) is -6.33. The summed E-state index contributed by atoms with van der Waals surface area (Å²) in [6.45, 7) is 2.67. The SMILES string of the molecule is CCS(=O)(=O)NCCCN[C@H]1CCCC[C@@H]1NS(C)(=O)=O. The summed E-state index contributed by atoms with van der Waals surface area (Å²) in [5.41, 5.74) is 0. The van der Waals surface area contributed by atoms with Crippen LogP contribution < -0.4 is 14.8 Å². The summed E-state index contributed by atoms with van der Waals surface area (Å²) in [6.07, 6.45) is 5.75. The summed E-state index contributed by atoms with van der Waals surface area (Å²) in [5.74, 6) is 0.0867. The Morgan fingerprint density at radius 2 is 1.62 bits per heavy atom. The Morgan fingerprint density at radius 3 is 2.19 bits per heavy atom. The van der Waals surface area contributed by atoms with Crippen LogP contribution in [0.5, 0.6) is 0 Å². The maximum atomic E-state index is 11.3. The van der Waals surface area contributed by atoms with Crippen molar-refractivity contribution in [2.45, 2.75) is 51.1 Å². The van der Waals surface area contributed by atoms with Crippen LogP contribution in [0.4, 0.5) is 0 Å². The summed E-state index contributed by atoms with van der Waals surface area (Å²) in [5, 5.41) is 3.34. The van der Waals surface area contributed by atoms with E-state index in [0.29, 0.717) is 19.5 Å². The van der Waals surface area contributed by atoms with Gasteiger partial charge in [0, 0.05) is 18.6 Å². The van der Waals surface area contributed by atoms with Gasteiger partial charge >= 0.3 is 0 Å². The second-order valence-electron chi connectivity index (χ2n) is 5.49. The molecule has 1 saturated carbocycles. The molecule has 0 heterocycles. The van der Waals surface area contributed by atoms with Crippen LogP contribution in [-0.4, -0.2) is 54.0 Å². The zero-order valence-corrected chi connectivity index (χ0v) is 14.4. The van der Waals surface area contributed by atoms with Gasteiger partial charge in [-0.05, 0) is 32.7 Å². The average molecular weight is 341 g/mol. The standard InChI is InChI=1S/C12H27N3O4S2/c1-3-21(18,19)14-10-6-9-13-11-7-4-5-8-12(11)15-20(2,16)17/h11-15H,3-10H2,1-2H3/t11-,12-/m0/s1. The summed E-state index contributed by atoms with van der Waals surface area (Å²) >= 11 is 0. The van der Waals surface area contributed by atoms with Gasteiger partial charge in [0.25, 0.3) is 0 Å². The minimum absolute atomic E-state index is 0.0684. The molecule has 0 radical (unpaired) electrons. The van der Waals surface area contributed by atoms with Crippen molar-refractivity contribution in [1.29, 1.82) is 0 Å². The van der Waals surface area contributed by atoms with Gasteiger partial charge in [-0.25, -0.2) is 26.3 Å². The minimum atomic E-state index is -3.20. The largest absolute Gasteiger partial charge is 0.312 e. The van der Waals surface area contributed by atoms with Crippen LogP contribution in [0.1, 0.15) is 39.0 Å². The van der Waals surface area contributed by atoms with Crippen LogP contribution in [-0.2, 0) is 20.0 Å². The molecular formula is C12H27N3O4S2. The molecule has 1 aliphatic rings. The number of rotatable bonds is 9. The highest BCUT2D eigenvalue weighted by molar-refractivity contribution is 7.89. The lowest BCUT2D eigenvalue weighted by Gasteiger charge is -2.32. The predicted octanol–water partition coefficient (Wildman–Crippen LogP) is -0.234. The molecule has 0 unspecified atom stereocenters. The molecule has 0 bridgehead atoms. The van der Waals surface area contributed by atoms with Crippen molar-refractivity contribution >= 4 is 20.0 Å². The van der Waals surface area contributed by atoms with Gasteiger partial charge in [0.15, 0.2) is 0 Å². The molecule has 1 rings (SSSR count). The smallest absolute Gasteiger partial charge is 0.211 e. The molecule has 9 heteroatoms. The van der Waals surface area contributed by atoms with Gasteiger partial charge in [0.1, 0.15) is 0 Å². The Bertz CT molecular complexity index is 505. The highest BCUT2D eigenvalue weighted by atomic mass is 32.2. The van der Waals surface area contributed by atoms with E-state index in [4.69, 9.17) is 0 Å². The van der Waals surface area contributed by atoms with Gasteiger partial charge < -0.3 is 5.32 Å². The van der Waals surface area contributed by atoms with Crippen LogP contribution in [0.25, 0.3) is 0 Å². The maximum Gasteiger partial charge on any atom is 0.211 e. The van der Waals surface area contributed by atoms with Crippen LogP contribution in [0.2, 0.25) is 0 Å². The third-order valence-electron chi connectivity index (χ3n) is 3.59. The predicted molar refractivity (Wildman–Crippen MR) is 84.1 cm³/mol. The summed E-state index contributed by atoms with van der Waals surface area (Å²) in [6, 6.07) is 0.0531. The maximum absolute atomic E-state index is 11.3. The van der Waals surface area contributed by atoms with E-state index in [1.165, 1.54) is 6.26 Å². The molecule has 3 N–H and O–H groups in total. The summed E-state index contributed by atoms with van der Waals surface area (Å²) < 4.78 is 50.4. The van der Waals surface area contributed by atoms with Crippen LogP contribution in [0.3, 0.4) is 0 Å². The Morgan fingerprint density at radius 1 is 1.00 bits per heavy atom. The van der Waals surface area contributed by atoms with E-state index in [0.717, 1.165) is 25.7 Å². The zero-order valence-electron chi connectivity index (χ0n) is 12.8. The van der Waals surface area contributed by atoms with Crippen LogP contribution in [0, 0.1) is 0 Å². The average Bonchev–Trinajstić information content (AvgIpc) is 2.38. The van der Waals surface area contributed by atoms with E-state index in [1.807, 2.05) is 0 Å². The molecular weight excluding hydrogens is 314 g/mol. The molecule has 0 aliphatic heterocycles. The third kappa shape index (κ3) is 8.10. The number of nitrogens with one attached hydrogen (secondary N) is 3. The number of hydrogen-bond donors (Lipinski definition) is 3. The number of hydrogen-bond acceptors (Lipinski definition) is 5. The second-order valence-corrected chi connectivity index (χ2v) is 9.37. The van der Waals surface area contributed by atoms with Crippen molar-refractivity contribution in [2.75, 3.05) is 25.1 Å². The monoisotopic (exact) mass is 341 g/mol. The van der Waals surface area contributed by atoms with Gasteiger partial charge in [-0.15, -0.1) is 0 Å². The highest BCUT2D eigenvalue weighted by Crippen LogP contribution is 2.19. The van der Waals surface area contributed by atoms with Crippen molar-refractivity contribution in [3.63, 3.8) is 0 Å². The molecule has 0 aromatic rings. The molecule has 21 heavy (non-hydrogen) atoms. The van der Waals surface area contributed by atoms with Gasteiger partial charge in [-0.2, -0.15) is 0 Å². The van der Waals surface area contributed by atoms with Crippen molar-refractivity contribution in [3.05, 3.63) is 0 Å². The van der Waals surface area contributed by atoms with Crippen molar-refractivity contribution in [1.82, 2.24) is 14.8 Å². The molecule has 0 spiro atoms. The van der Waals surface area contributed by atoms with Gasteiger partial charge in [0.05, 0.1) is 12.0 Å². The molecule has 0 saturated heterocycles. The Hall–Kier alpha value is -0.220. The number of sulfonamides is 2. The lowest BCUT2D eigenvalue weighted by atomic mass is 9.91. The van der Waals surface area contributed by atoms with Crippen LogP contribution in [0.15, 0.2) is 0 Å². The molecule has 126 valence electrons. The van der Waals surface area contributed by atoms with Gasteiger partial charge in [-0.1, -0.05) is 12.8 Å². The lowest BCUT2D eigenvalue weighted by molar-refractivity contribution is 0.310. The molecule has 0 aromatic heterocycles. The van der Waals surface area contributed by atoms with Crippen molar-refractivity contribution in [2.24, 2.45) is 0 Å². The Kier molecular flexibility index (Phi) is 7.55. The minimum Gasteiger partial charge on any atom is -0.312 e. The van der Waals surface area contributed by atoms with E-state index in [1.54, 1.807) is 6.92 Å². The molecule has 0 amide bonds. The first-order valence-electron chi connectivity index (χ1n) is 7.41. The van der Waals surface area contributed by atoms with Gasteiger partial charge in [0.2, 0.25) is 20.0 Å². The fraction of sp³-hybridized carbons (Fsp3) is 1.00. The Balaban J connectivity index is 2.31. The second kappa shape index (κ2) is 8.42. The third-order valence-corrected chi connectivity index (χ3v) is 5.73. The summed E-state index contributed by atoms with van der Waals surface area (Å²) in [4.78, 5) is 0. The normalized spacial score (nSPS) is 24.1. The first kappa shape index (κ1) is 18.8. The quantitative estimate of drug-likeness (QED) is 0.502.